The van der Waals surface area contributed by atoms with E-state index in [1.54, 1.807) is 24.3 Å². The van der Waals surface area contributed by atoms with Gasteiger partial charge in [-0.05, 0) is 0 Å². The van der Waals surface area contributed by atoms with Gasteiger partial charge in [0, 0.05) is 26.1 Å². The lowest BCUT2D eigenvalue weighted by Crippen LogP contribution is -2.26. The Kier molecular flexibility index (Phi) is 4.20. The third-order valence-corrected chi connectivity index (χ3v) is 4.07. The van der Waals surface area contributed by atoms with Gasteiger partial charge in [-0.25, -0.2) is 12.7 Å². The first-order valence-electron chi connectivity index (χ1n) is 4.92. The Hall–Kier alpha value is -1.20. The number of hydrogen-bond donors (Lipinski definition) is 0. The molecule has 4 nitrogen and oxygen atoms in total. The lowest BCUT2D eigenvalue weighted by atomic mass is 10.1. The van der Waals surface area contributed by atoms with Crippen molar-refractivity contribution in [3.8, 4) is 0 Å². The summed E-state index contributed by atoms with van der Waals surface area (Å²) in [7, 11) is -0.367. The quantitative estimate of drug-likeness (QED) is 0.727. The minimum atomic E-state index is -3.29. The van der Waals surface area contributed by atoms with Crippen LogP contribution in [0.4, 0.5) is 0 Å². The zero-order chi connectivity index (χ0) is 12.2. The molecular weight excluding hydrogens is 226 g/mol. The molecule has 0 N–H and O–H groups in total. The van der Waals surface area contributed by atoms with Gasteiger partial charge >= 0.3 is 0 Å². The van der Waals surface area contributed by atoms with Crippen molar-refractivity contribution in [2.24, 2.45) is 0 Å². The number of hydrogen-bond acceptors (Lipinski definition) is 3. The Balaban J connectivity index is 2.62. The number of nitrogens with zero attached hydrogens (tertiary/aromatic N) is 1. The van der Waals surface area contributed by atoms with E-state index in [4.69, 9.17) is 0 Å². The lowest BCUT2D eigenvalue weighted by molar-refractivity contribution is 0.0988. The van der Waals surface area contributed by atoms with E-state index in [0.717, 1.165) is 4.31 Å². The van der Waals surface area contributed by atoms with Crippen molar-refractivity contribution in [1.82, 2.24) is 4.31 Å². The van der Waals surface area contributed by atoms with E-state index >= 15 is 0 Å². The first-order chi connectivity index (χ1) is 7.43. The first-order valence-corrected chi connectivity index (χ1v) is 6.53. The van der Waals surface area contributed by atoms with Crippen LogP contribution in [0.2, 0.25) is 0 Å². The average molecular weight is 241 g/mol. The van der Waals surface area contributed by atoms with Crippen LogP contribution in [0.15, 0.2) is 30.3 Å². The first kappa shape index (κ1) is 12.9. The summed E-state index contributed by atoms with van der Waals surface area (Å²) >= 11 is 0. The number of rotatable bonds is 5. The van der Waals surface area contributed by atoms with Crippen LogP contribution >= 0.6 is 0 Å². The zero-order valence-electron chi connectivity index (χ0n) is 9.38. The van der Waals surface area contributed by atoms with Crippen molar-refractivity contribution in [3.63, 3.8) is 0 Å². The van der Waals surface area contributed by atoms with E-state index in [1.165, 1.54) is 14.1 Å². The van der Waals surface area contributed by atoms with Gasteiger partial charge in [0.05, 0.1) is 5.75 Å². The van der Waals surface area contributed by atoms with Crippen LogP contribution in [-0.2, 0) is 10.0 Å². The zero-order valence-corrected chi connectivity index (χ0v) is 10.2. The van der Waals surface area contributed by atoms with Crippen LogP contribution in [0, 0.1) is 0 Å². The van der Waals surface area contributed by atoms with E-state index in [-0.39, 0.29) is 18.0 Å². The molecule has 0 heterocycles. The number of benzene rings is 1. The Morgan fingerprint density at radius 3 is 2.25 bits per heavy atom. The summed E-state index contributed by atoms with van der Waals surface area (Å²) in [5, 5.41) is 0. The van der Waals surface area contributed by atoms with E-state index < -0.39 is 10.0 Å². The Morgan fingerprint density at radius 1 is 1.19 bits per heavy atom. The molecule has 0 amide bonds. The second-order valence-electron chi connectivity index (χ2n) is 3.64. The van der Waals surface area contributed by atoms with Gasteiger partial charge in [0.25, 0.3) is 0 Å². The van der Waals surface area contributed by atoms with Gasteiger partial charge in [-0.15, -0.1) is 0 Å². The SMILES string of the molecule is CN(C)S(=O)(=O)CCC(=O)c1ccccc1. The molecule has 5 heteroatoms. The average Bonchev–Trinajstić information content (AvgIpc) is 2.27. The van der Waals surface area contributed by atoms with Crippen molar-refractivity contribution in [2.45, 2.75) is 6.42 Å². The van der Waals surface area contributed by atoms with Crippen molar-refractivity contribution in [3.05, 3.63) is 35.9 Å². The summed E-state index contributed by atoms with van der Waals surface area (Å²) in [4.78, 5) is 11.6. The molecule has 1 rings (SSSR count). The molecule has 88 valence electrons. The van der Waals surface area contributed by atoms with Gasteiger partial charge in [-0.3, -0.25) is 4.79 Å². The highest BCUT2D eigenvalue weighted by Gasteiger charge is 2.16. The maximum absolute atomic E-state index is 11.6. The number of carbonyl (C=O) groups is 1. The summed E-state index contributed by atoms with van der Waals surface area (Å²) in [5.41, 5.74) is 0.552. The minimum absolute atomic E-state index is 0.0184. The molecule has 0 saturated carbocycles. The normalized spacial score (nSPS) is 11.7. The molecule has 0 fully saturated rings. The Morgan fingerprint density at radius 2 is 1.75 bits per heavy atom. The van der Waals surface area contributed by atoms with Gasteiger partial charge < -0.3 is 0 Å². The molecular formula is C11H15NO3S. The number of Topliss-reactive ketones (excluding diaryl/α,β-unsaturated/α-hetero) is 1. The molecule has 0 bridgehead atoms. The van der Waals surface area contributed by atoms with Crippen LogP contribution in [0.5, 0.6) is 0 Å². The maximum atomic E-state index is 11.6. The van der Waals surface area contributed by atoms with Crippen molar-refractivity contribution in [2.75, 3.05) is 19.8 Å². The van der Waals surface area contributed by atoms with Gasteiger partial charge in [-0.2, -0.15) is 0 Å². The minimum Gasteiger partial charge on any atom is -0.294 e. The van der Waals surface area contributed by atoms with Crippen molar-refractivity contribution >= 4 is 15.8 Å². The van der Waals surface area contributed by atoms with E-state index in [0.29, 0.717) is 5.56 Å². The highest BCUT2D eigenvalue weighted by atomic mass is 32.2. The van der Waals surface area contributed by atoms with Crippen molar-refractivity contribution < 1.29 is 13.2 Å². The van der Waals surface area contributed by atoms with Crippen LogP contribution in [-0.4, -0.2) is 38.4 Å². The van der Waals surface area contributed by atoms with Gasteiger partial charge in [0.15, 0.2) is 5.78 Å². The van der Waals surface area contributed by atoms with Crippen LogP contribution < -0.4 is 0 Å². The molecule has 1 aromatic rings. The van der Waals surface area contributed by atoms with E-state index in [1.807, 2.05) is 6.07 Å². The molecule has 1 aromatic carbocycles. The molecule has 0 aliphatic rings. The molecule has 0 atom stereocenters. The largest absolute Gasteiger partial charge is 0.294 e. The smallest absolute Gasteiger partial charge is 0.214 e. The molecule has 0 spiro atoms. The number of ketones is 1. The van der Waals surface area contributed by atoms with E-state index in [9.17, 15) is 13.2 Å². The molecule has 0 aromatic heterocycles. The molecule has 16 heavy (non-hydrogen) atoms. The molecule has 0 unspecified atom stereocenters. The fraction of sp³-hybridized carbons (Fsp3) is 0.364. The molecule has 0 saturated heterocycles. The third-order valence-electron chi connectivity index (χ3n) is 2.24. The highest BCUT2D eigenvalue weighted by molar-refractivity contribution is 7.89. The van der Waals surface area contributed by atoms with Gasteiger partial charge in [-0.1, -0.05) is 30.3 Å². The second-order valence-corrected chi connectivity index (χ2v) is 5.94. The molecule has 0 aliphatic heterocycles. The summed E-state index contributed by atoms with van der Waals surface area (Å²) in [6.07, 6.45) is 0.0184. The summed E-state index contributed by atoms with van der Waals surface area (Å²) in [5.74, 6) is -0.292. The monoisotopic (exact) mass is 241 g/mol. The van der Waals surface area contributed by atoms with Crippen LogP contribution in [0.25, 0.3) is 0 Å². The summed E-state index contributed by atoms with van der Waals surface area (Å²) in [6, 6.07) is 8.70. The third kappa shape index (κ3) is 3.43. The van der Waals surface area contributed by atoms with Crippen molar-refractivity contribution in [1.29, 1.82) is 0 Å². The molecule has 0 aliphatic carbocycles. The topological polar surface area (TPSA) is 54.5 Å². The standard InChI is InChI=1S/C11H15NO3S/c1-12(2)16(14,15)9-8-11(13)10-6-4-3-5-7-10/h3-7H,8-9H2,1-2H3. The number of sulfonamides is 1. The maximum Gasteiger partial charge on any atom is 0.214 e. The summed E-state index contributed by atoms with van der Waals surface area (Å²) in [6.45, 7) is 0. The van der Waals surface area contributed by atoms with Crippen LogP contribution in [0.1, 0.15) is 16.8 Å². The number of carbonyl (C=O) groups excluding carboxylic acids is 1. The predicted octanol–water partition coefficient (Wildman–Crippen LogP) is 1.15. The van der Waals surface area contributed by atoms with Crippen LogP contribution in [0.3, 0.4) is 0 Å². The summed E-state index contributed by atoms with van der Waals surface area (Å²) < 4.78 is 24.0. The highest BCUT2D eigenvalue weighted by Crippen LogP contribution is 2.05. The second kappa shape index (κ2) is 5.23. The predicted molar refractivity (Wildman–Crippen MR) is 62.9 cm³/mol. The van der Waals surface area contributed by atoms with Gasteiger partial charge in [0.2, 0.25) is 10.0 Å². The van der Waals surface area contributed by atoms with Gasteiger partial charge in [0.1, 0.15) is 0 Å². The molecule has 0 radical (unpaired) electrons. The fourth-order valence-corrected chi connectivity index (χ4v) is 1.98. The Labute approximate surface area is 95.9 Å². The Bertz CT molecular complexity index is 451. The lowest BCUT2D eigenvalue weighted by Gasteiger charge is -2.10. The van der Waals surface area contributed by atoms with E-state index in [2.05, 4.69) is 0 Å². The fourth-order valence-electron chi connectivity index (χ4n) is 1.17.